The number of phenolic OH excluding ortho intramolecular Hbond substituents is 1. The third-order valence-corrected chi connectivity index (χ3v) is 3.53. The van der Waals surface area contributed by atoms with E-state index in [1.54, 1.807) is 12.1 Å². The lowest BCUT2D eigenvalue weighted by molar-refractivity contribution is -0.129. The fraction of sp³-hybridized carbons (Fsp3) is 0.412. The highest BCUT2D eigenvalue weighted by Crippen LogP contribution is 2.11. The summed E-state index contributed by atoms with van der Waals surface area (Å²) in [4.78, 5) is 38.9. The molecule has 0 heterocycles. The smallest absolute Gasteiger partial charge is 0.243 e. The summed E-state index contributed by atoms with van der Waals surface area (Å²) in [6, 6.07) is 4.77. The van der Waals surface area contributed by atoms with E-state index in [4.69, 9.17) is 11.5 Å². The minimum atomic E-state index is -0.836. The second-order valence-corrected chi connectivity index (χ2v) is 5.82. The van der Waals surface area contributed by atoms with Crippen LogP contribution in [0.4, 0.5) is 0 Å². The number of aromatic hydroxyl groups is 1. The maximum Gasteiger partial charge on any atom is 0.243 e. The van der Waals surface area contributed by atoms with E-state index in [1.807, 2.05) is 0 Å². The Bertz CT molecular complexity index is 641. The van der Waals surface area contributed by atoms with Gasteiger partial charge in [-0.25, -0.2) is 0 Å². The number of guanidine groups is 1. The van der Waals surface area contributed by atoms with Gasteiger partial charge in [-0.3, -0.25) is 14.6 Å². The molecule has 1 rings (SSSR count). The summed E-state index contributed by atoms with van der Waals surface area (Å²) in [6.07, 6.45) is 1.76. The third-order valence-electron chi connectivity index (χ3n) is 3.53. The van der Waals surface area contributed by atoms with E-state index in [9.17, 15) is 19.5 Å². The van der Waals surface area contributed by atoms with Crippen molar-refractivity contribution in [2.45, 2.75) is 38.3 Å². The minimum absolute atomic E-state index is 0.0312. The van der Waals surface area contributed by atoms with Crippen LogP contribution in [0.5, 0.6) is 5.75 Å². The van der Waals surface area contributed by atoms with Crippen LogP contribution in [0.2, 0.25) is 0 Å². The minimum Gasteiger partial charge on any atom is -0.508 e. The summed E-state index contributed by atoms with van der Waals surface area (Å²) >= 11 is 0. The van der Waals surface area contributed by atoms with Crippen molar-refractivity contribution in [3.63, 3.8) is 0 Å². The Hall–Kier alpha value is -3.10. The maximum atomic E-state index is 12.5. The van der Waals surface area contributed by atoms with Crippen molar-refractivity contribution in [3.05, 3.63) is 29.8 Å². The number of hydrogen-bond acceptors (Lipinski definition) is 5. The van der Waals surface area contributed by atoms with E-state index >= 15 is 0 Å². The predicted octanol–water partition coefficient (Wildman–Crippen LogP) is -0.823. The molecule has 142 valence electrons. The Kier molecular flexibility index (Phi) is 8.62. The molecule has 0 bridgehead atoms. The zero-order chi connectivity index (χ0) is 19.5. The second-order valence-electron chi connectivity index (χ2n) is 5.82. The molecule has 0 aromatic heterocycles. The van der Waals surface area contributed by atoms with Gasteiger partial charge in [-0.1, -0.05) is 12.1 Å². The van der Waals surface area contributed by atoms with Crippen LogP contribution >= 0.6 is 0 Å². The molecule has 2 atom stereocenters. The van der Waals surface area contributed by atoms with Crippen molar-refractivity contribution in [3.8, 4) is 5.75 Å². The first-order valence-corrected chi connectivity index (χ1v) is 8.18. The highest BCUT2D eigenvalue weighted by atomic mass is 16.3. The van der Waals surface area contributed by atoms with Gasteiger partial charge < -0.3 is 32.0 Å². The molecule has 0 aliphatic rings. The molecule has 0 fully saturated rings. The van der Waals surface area contributed by atoms with Crippen LogP contribution in [0.1, 0.15) is 25.3 Å². The van der Waals surface area contributed by atoms with Gasteiger partial charge in [0.15, 0.2) is 5.96 Å². The number of rotatable bonds is 10. The van der Waals surface area contributed by atoms with Crippen molar-refractivity contribution in [2.24, 2.45) is 16.5 Å². The summed E-state index contributed by atoms with van der Waals surface area (Å²) < 4.78 is 0. The first-order valence-electron chi connectivity index (χ1n) is 8.18. The van der Waals surface area contributed by atoms with Gasteiger partial charge in [0.1, 0.15) is 18.1 Å². The first kappa shape index (κ1) is 20.9. The fourth-order valence-corrected chi connectivity index (χ4v) is 2.30. The van der Waals surface area contributed by atoms with Crippen LogP contribution in [0, 0.1) is 0 Å². The molecule has 7 N–H and O–H groups in total. The molecule has 0 aliphatic heterocycles. The van der Waals surface area contributed by atoms with Crippen molar-refractivity contribution < 1.29 is 19.5 Å². The van der Waals surface area contributed by atoms with Gasteiger partial charge in [-0.2, -0.15) is 0 Å². The molecule has 0 radical (unpaired) electrons. The Morgan fingerprint density at radius 1 is 1.23 bits per heavy atom. The molecule has 2 amide bonds. The molecular formula is C17H25N5O4. The van der Waals surface area contributed by atoms with Crippen molar-refractivity contribution in [1.82, 2.24) is 10.6 Å². The molecule has 9 nitrogen and oxygen atoms in total. The maximum absolute atomic E-state index is 12.5. The Morgan fingerprint density at radius 2 is 1.88 bits per heavy atom. The number of carbonyl (C=O) groups is 3. The molecular weight excluding hydrogens is 338 g/mol. The number of amides is 2. The fourth-order valence-electron chi connectivity index (χ4n) is 2.30. The molecule has 0 saturated carbocycles. The normalized spacial score (nSPS) is 12.5. The number of nitrogens with one attached hydrogen (secondary N) is 2. The van der Waals surface area contributed by atoms with E-state index in [0.29, 0.717) is 25.7 Å². The van der Waals surface area contributed by atoms with Gasteiger partial charge in [-0.15, -0.1) is 0 Å². The molecule has 0 spiro atoms. The van der Waals surface area contributed by atoms with Crippen molar-refractivity contribution in [1.29, 1.82) is 0 Å². The number of aldehydes is 1. The molecule has 1 aromatic carbocycles. The van der Waals surface area contributed by atoms with Crippen LogP contribution in [0.25, 0.3) is 0 Å². The van der Waals surface area contributed by atoms with E-state index in [2.05, 4.69) is 15.6 Å². The SMILES string of the molecule is CC(=O)N[C@@H](Cc1ccc(O)cc1)C(=O)N[C@H](C=O)CCCN=C(N)N. The van der Waals surface area contributed by atoms with E-state index in [1.165, 1.54) is 19.1 Å². The summed E-state index contributed by atoms with van der Waals surface area (Å²) in [7, 11) is 0. The van der Waals surface area contributed by atoms with Crippen LogP contribution in [0.15, 0.2) is 29.3 Å². The average Bonchev–Trinajstić information content (AvgIpc) is 2.58. The molecule has 9 heteroatoms. The summed E-state index contributed by atoms with van der Waals surface area (Å²) in [5.41, 5.74) is 11.2. The number of hydrogen-bond donors (Lipinski definition) is 5. The summed E-state index contributed by atoms with van der Waals surface area (Å²) in [5, 5.41) is 14.5. The third kappa shape index (κ3) is 8.13. The second kappa shape index (κ2) is 10.7. The average molecular weight is 363 g/mol. The van der Waals surface area contributed by atoms with E-state index in [-0.39, 0.29) is 24.0 Å². The van der Waals surface area contributed by atoms with Gasteiger partial charge in [0, 0.05) is 19.9 Å². The standard InChI is InChI=1S/C17H25N5O4/c1-11(24)21-15(9-12-4-6-14(25)7-5-12)16(26)22-13(10-23)3-2-8-20-17(18)19/h4-7,10,13,15,25H,2-3,8-9H2,1H3,(H,21,24)(H,22,26)(H4,18,19,20)/t13-,15-/m0/s1. The van der Waals surface area contributed by atoms with Gasteiger partial charge in [0.2, 0.25) is 11.8 Å². The zero-order valence-electron chi connectivity index (χ0n) is 14.6. The van der Waals surface area contributed by atoms with Gasteiger partial charge in [0.05, 0.1) is 6.04 Å². The van der Waals surface area contributed by atoms with E-state index in [0.717, 1.165) is 5.56 Å². The van der Waals surface area contributed by atoms with Crippen molar-refractivity contribution in [2.75, 3.05) is 6.54 Å². The predicted molar refractivity (Wildman–Crippen MR) is 97.3 cm³/mol. The topological polar surface area (TPSA) is 160 Å². The highest BCUT2D eigenvalue weighted by Gasteiger charge is 2.22. The van der Waals surface area contributed by atoms with Crippen LogP contribution in [-0.2, 0) is 20.8 Å². The lowest BCUT2D eigenvalue weighted by Gasteiger charge is -2.20. The summed E-state index contributed by atoms with van der Waals surface area (Å²) in [5.74, 6) is -0.751. The van der Waals surface area contributed by atoms with Gasteiger partial charge in [0.25, 0.3) is 0 Å². The van der Waals surface area contributed by atoms with Crippen molar-refractivity contribution >= 4 is 24.1 Å². The zero-order valence-corrected chi connectivity index (χ0v) is 14.6. The number of aliphatic imine (C=N–C) groups is 1. The van der Waals surface area contributed by atoms with Gasteiger partial charge in [-0.05, 0) is 30.5 Å². The quantitative estimate of drug-likeness (QED) is 0.158. The highest BCUT2D eigenvalue weighted by molar-refractivity contribution is 5.88. The van der Waals surface area contributed by atoms with Crippen LogP contribution in [0.3, 0.4) is 0 Å². The Balaban J connectivity index is 2.68. The molecule has 0 unspecified atom stereocenters. The molecule has 1 aromatic rings. The van der Waals surface area contributed by atoms with Gasteiger partial charge >= 0.3 is 0 Å². The number of carbonyl (C=O) groups excluding carboxylic acids is 3. The monoisotopic (exact) mass is 363 g/mol. The number of benzene rings is 1. The Labute approximate surface area is 151 Å². The molecule has 0 aliphatic carbocycles. The Morgan fingerprint density at radius 3 is 2.42 bits per heavy atom. The number of phenols is 1. The van der Waals surface area contributed by atoms with Crippen LogP contribution < -0.4 is 22.1 Å². The molecule has 26 heavy (non-hydrogen) atoms. The largest absolute Gasteiger partial charge is 0.508 e. The lowest BCUT2D eigenvalue weighted by atomic mass is 10.0. The van der Waals surface area contributed by atoms with Crippen LogP contribution in [-0.4, -0.2) is 47.8 Å². The summed E-state index contributed by atoms with van der Waals surface area (Å²) in [6.45, 7) is 1.66. The molecule has 0 saturated heterocycles. The number of nitrogens with zero attached hydrogens (tertiary/aromatic N) is 1. The lowest BCUT2D eigenvalue weighted by Crippen LogP contribution is -2.50. The first-order chi connectivity index (χ1) is 12.3. The number of nitrogens with two attached hydrogens (primary N) is 2. The van der Waals surface area contributed by atoms with E-state index < -0.39 is 18.0 Å².